The van der Waals surface area contributed by atoms with Crippen molar-refractivity contribution in [3.05, 3.63) is 10.0 Å². The van der Waals surface area contributed by atoms with Crippen LogP contribution in [-0.4, -0.2) is 17.2 Å². The van der Waals surface area contributed by atoms with Gasteiger partial charge in [0.2, 0.25) is 0 Å². The summed E-state index contributed by atoms with van der Waals surface area (Å²) >= 11 is 1.81. The molecule has 0 aromatic carbocycles. The van der Waals surface area contributed by atoms with Crippen LogP contribution in [0.4, 0.5) is 0 Å². The monoisotopic (exact) mass is 223 g/mol. The van der Waals surface area contributed by atoms with Crippen molar-refractivity contribution in [1.82, 2.24) is 15.5 Å². The molecule has 2 saturated carbocycles. The van der Waals surface area contributed by atoms with Crippen LogP contribution in [0.3, 0.4) is 0 Å². The van der Waals surface area contributed by atoms with E-state index >= 15 is 0 Å². The molecule has 4 heteroatoms. The standard InChI is InChI=1S/C11H17N3S/c1-6(12-2)10-13-14-11(15-10)9-7-4-3-5-8(7)9/h6-9,12H,3-5H2,1-2H3. The number of hydrogen-bond acceptors (Lipinski definition) is 4. The molecule has 0 radical (unpaired) electrons. The van der Waals surface area contributed by atoms with Crippen molar-refractivity contribution in [1.29, 1.82) is 0 Å². The normalized spacial score (nSPS) is 35.2. The molecule has 15 heavy (non-hydrogen) atoms. The highest BCUT2D eigenvalue weighted by molar-refractivity contribution is 7.11. The van der Waals surface area contributed by atoms with Crippen LogP contribution in [0.1, 0.15) is 48.2 Å². The molecule has 0 aliphatic heterocycles. The lowest BCUT2D eigenvalue weighted by Gasteiger charge is -2.03. The van der Waals surface area contributed by atoms with E-state index in [4.69, 9.17) is 0 Å². The van der Waals surface area contributed by atoms with Gasteiger partial charge in [-0.1, -0.05) is 17.8 Å². The molecule has 3 atom stereocenters. The SMILES string of the molecule is CNC(C)c1nnc(C2C3CCCC32)s1. The summed E-state index contributed by atoms with van der Waals surface area (Å²) in [6.45, 7) is 2.14. The molecule has 0 amide bonds. The van der Waals surface area contributed by atoms with Gasteiger partial charge in [0.05, 0.1) is 6.04 Å². The van der Waals surface area contributed by atoms with E-state index in [9.17, 15) is 0 Å². The van der Waals surface area contributed by atoms with Crippen molar-refractivity contribution in [2.75, 3.05) is 7.05 Å². The number of fused-ring (bicyclic) bond motifs is 1. The van der Waals surface area contributed by atoms with Gasteiger partial charge in [0, 0.05) is 5.92 Å². The zero-order chi connectivity index (χ0) is 10.4. The van der Waals surface area contributed by atoms with Gasteiger partial charge in [0.15, 0.2) is 0 Å². The molecular weight excluding hydrogens is 206 g/mol. The van der Waals surface area contributed by atoms with E-state index in [-0.39, 0.29) is 0 Å². The third-order valence-electron chi connectivity index (χ3n) is 3.95. The Morgan fingerprint density at radius 3 is 2.73 bits per heavy atom. The van der Waals surface area contributed by atoms with Gasteiger partial charge in [-0.2, -0.15) is 0 Å². The summed E-state index contributed by atoms with van der Waals surface area (Å²) in [5.41, 5.74) is 0. The molecule has 0 spiro atoms. The van der Waals surface area contributed by atoms with E-state index in [2.05, 4.69) is 22.4 Å². The van der Waals surface area contributed by atoms with Gasteiger partial charge in [-0.15, -0.1) is 10.2 Å². The minimum absolute atomic E-state index is 0.342. The molecule has 1 heterocycles. The van der Waals surface area contributed by atoms with E-state index in [1.165, 1.54) is 24.3 Å². The lowest BCUT2D eigenvalue weighted by molar-refractivity contribution is 0.637. The minimum atomic E-state index is 0.342. The molecule has 82 valence electrons. The Hall–Kier alpha value is -0.480. The fourth-order valence-electron chi connectivity index (χ4n) is 2.87. The second-order valence-corrected chi connectivity index (χ2v) is 5.81. The Balaban J connectivity index is 1.75. The second-order valence-electron chi connectivity index (χ2n) is 4.77. The zero-order valence-electron chi connectivity index (χ0n) is 9.23. The van der Waals surface area contributed by atoms with Crippen LogP contribution in [0, 0.1) is 11.8 Å². The Labute approximate surface area is 94.3 Å². The number of rotatable bonds is 3. The maximum atomic E-state index is 4.36. The number of nitrogens with zero attached hydrogens (tertiary/aromatic N) is 2. The second kappa shape index (κ2) is 3.52. The lowest BCUT2D eigenvalue weighted by Crippen LogP contribution is -2.11. The van der Waals surface area contributed by atoms with E-state index in [1.807, 2.05) is 18.4 Å². The van der Waals surface area contributed by atoms with Crippen LogP contribution in [-0.2, 0) is 0 Å². The first-order chi connectivity index (χ1) is 7.31. The first kappa shape index (κ1) is 9.73. The van der Waals surface area contributed by atoms with Crippen LogP contribution < -0.4 is 5.32 Å². The van der Waals surface area contributed by atoms with Crippen molar-refractivity contribution in [2.45, 2.75) is 38.1 Å². The minimum Gasteiger partial charge on any atom is -0.311 e. The predicted molar refractivity (Wildman–Crippen MR) is 61.0 cm³/mol. The van der Waals surface area contributed by atoms with Gasteiger partial charge in [0.25, 0.3) is 0 Å². The molecule has 3 nitrogen and oxygen atoms in total. The average molecular weight is 223 g/mol. The van der Waals surface area contributed by atoms with Gasteiger partial charge in [-0.3, -0.25) is 0 Å². The van der Waals surface area contributed by atoms with Crippen molar-refractivity contribution >= 4 is 11.3 Å². The zero-order valence-corrected chi connectivity index (χ0v) is 10.0. The molecule has 0 bridgehead atoms. The Bertz CT molecular complexity index is 352. The molecule has 1 aromatic rings. The van der Waals surface area contributed by atoms with E-state index < -0.39 is 0 Å². The van der Waals surface area contributed by atoms with Crippen LogP contribution in [0.15, 0.2) is 0 Å². The molecule has 2 aliphatic rings. The molecule has 1 N–H and O–H groups in total. The van der Waals surface area contributed by atoms with Crippen LogP contribution >= 0.6 is 11.3 Å². The van der Waals surface area contributed by atoms with Crippen molar-refractivity contribution in [3.8, 4) is 0 Å². The third-order valence-corrected chi connectivity index (χ3v) is 5.16. The van der Waals surface area contributed by atoms with Gasteiger partial charge >= 0.3 is 0 Å². The molecule has 1 aromatic heterocycles. The molecule has 2 fully saturated rings. The van der Waals surface area contributed by atoms with Crippen molar-refractivity contribution in [3.63, 3.8) is 0 Å². The highest BCUT2D eigenvalue weighted by atomic mass is 32.1. The average Bonchev–Trinajstić information content (AvgIpc) is 2.74. The lowest BCUT2D eigenvalue weighted by atomic mass is 10.1. The van der Waals surface area contributed by atoms with Crippen molar-refractivity contribution < 1.29 is 0 Å². The van der Waals surface area contributed by atoms with E-state index in [0.29, 0.717) is 6.04 Å². The Morgan fingerprint density at radius 1 is 1.33 bits per heavy atom. The summed E-state index contributed by atoms with van der Waals surface area (Å²) in [5, 5.41) is 14.3. The Morgan fingerprint density at radius 2 is 2.07 bits per heavy atom. The summed E-state index contributed by atoms with van der Waals surface area (Å²) in [6.07, 6.45) is 4.28. The van der Waals surface area contributed by atoms with Crippen LogP contribution in [0.25, 0.3) is 0 Å². The fraction of sp³-hybridized carbons (Fsp3) is 0.818. The highest BCUT2D eigenvalue weighted by Gasteiger charge is 2.54. The van der Waals surface area contributed by atoms with Gasteiger partial charge < -0.3 is 5.32 Å². The molecule has 2 aliphatic carbocycles. The topological polar surface area (TPSA) is 37.8 Å². The van der Waals surface area contributed by atoms with Gasteiger partial charge in [0.1, 0.15) is 10.0 Å². The predicted octanol–water partition coefficient (Wildman–Crippen LogP) is 2.33. The van der Waals surface area contributed by atoms with E-state index in [1.54, 1.807) is 0 Å². The number of nitrogens with one attached hydrogen (secondary N) is 1. The molecule has 3 unspecified atom stereocenters. The maximum Gasteiger partial charge on any atom is 0.134 e. The molecule has 0 saturated heterocycles. The molecule has 3 rings (SSSR count). The summed E-state index contributed by atoms with van der Waals surface area (Å²) < 4.78 is 0. The van der Waals surface area contributed by atoms with E-state index in [0.717, 1.165) is 22.8 Å². The van der Waals surface area contributed by atoms with Crippen LogP contribution in [0.2, 0.25) is 0 Å². The number of hydrogen-bond donors (Lipinski definition) is 1. The molecular formula is C11H17N3S. The van der Waals surface area contributed by atoms with Gasteiger partial charge in [-0.05, 0) is 38.6 Å². The maximum absolute atomic E-state index is 4.36. The largest absolute Gasteiger partial charge is 0.311 e. The number of aromatic nitrogens is 2. The summed E-state index contributed by atoms with van der Waals surface area (Å²) in [6, 6.07) is 0.342. The van der Waals surface area contributed by atoms with Gasteiger partial charge in [-0.25, -0.2) is 0 Å². The van der Waals surface area contributed by atoms with Crippen molar-refractivity contribution in [2.24, 2.45) is 11.8 Å². The summed E-state index contributed by atoms with van der Waals surface area (Å²) in [4.78, 5) is 0. The highest BCUT2D eigenvalue weighted by Crippen LogP contribution is 2.63. The first-order valence-corrected chi connectivity index (χ1v) is 6.63. The Kier molecular flexibility index (Phi) is 2.29. The third kappa shape index (κ3) is 1.51. The van der Waals surface area contributed by atoms with Crippen LogP contribution in [0.5, 0.6) is 0 Å². The fourth-order valence-corrected chi connectivity index (χ4v) is 4.03. The smallest absolute Gasteiger partial charge is 0.134 e. The summed E-state index contributed by atoms with van der Waals surface area (Å²) in [5.74, 6) is 2.68. The summed E-state index contributed by atoms with van der Waals surface area (Å²) in [7, 11) is 1.97. The quantitative estimate of drug-likeness (QED) is 0.854. The first-order valence-electron chi connectivity index (χ1n) is 5.82.